The van der Waals surface area contributed by atoms with Gasteiger partial charge in [0, 0.05) is 24.7 Å². The van der Waals surface area contributed by atoms with E-state index in [-0.39, 0.29) is 5.91 Å². The molecule has 2 unspecified atom stereocenters. The van der Waals surface area contributed by atoms with E-state index in [0.29, 0.717) is 12.0 Å². The zero-order chi connectivity index (χ0) is 14.8. The third-order valence-corrected chi connectivity index (χ3v) is 5.17. The van der Waals surface area contributed by atoms with Crippen molar-refractivity contribution < 1.29 is 4.79 Å². The van der Waals surface area contributed by atoms with Crippen LogP contribution in [-0.2, 0) is 0 Å². The number of hydrogen-bond donors (Lipinski definition) is 1. The van der Waals surface area contributed by atoms with Crippen molar-refractivity contribution in [3.8, 4) is 0 Å². The van der Waals surface area contributed by atoms with Gasteiger partial charge in [-0.3, -0.25) is 4.79 Å². The maximum Gasteiger partial charge on any atom is 0.253 e. The molecule has 2 heterocycles. The molecule has 0 aromatic heterocycles. The minimum Gasteiger partial charge on any atom is -0.338 e. The first-order chi connectivity index (χ1) is 10.1. The normalized spacial score (nSPS) is 26.1. The fourth-order valence-corrected chi connectivity index (χ4v) is 3.69. The molecule has 0 bridgehead atoms. The molecule has 2 atom stereocenters. The molecular formula is C18H26N2O. The van der Waals surface area contributed by atoms with Crippen molar-refractivity contribution in [2.45, 2.75) is 45.6 Å². The highest BCUT2D eigenvalue weighted by atomic mass is 16.2. The molecular weight excluding hydrogens is 260 g/mol. The van der Waals surface area contributed by atoms with Crippen molar-refractivity contribution in [2.75, 3.05) is 19.6 Å². The molecule has 1 aromatic carbocycles. The number of nitrogens with one attached hydrogen (secondary N) is 1. The topological polar surface area (TPSA) is 32.3 Å². The Balaban J connectivity index is 1.70. The van der Waals surface area contributed by atoms with Gasteiger partial charge in [-0.25, -0.2) is 0 Å². The third kappa shape index (κ3) is 3.13. The van der Waals surface area contributed by atoms with Crippen molar-refractivity contribution in [3.05, 3.63) is 34.9 Å². The fraction of sp³-hybridized carbons (Fsp3) is 0.611. The number of aryl methyl sites for hydroxylation is 2. The number of likely N-dealkylation sites (tertiary alicyclic amines) is 1. The number of amides is 1. The molecule has 21 heavy (non-hydrogen) atoms. The first-order valence-electron chi connectivity index (χ1n) is 8.25. The van der Waals surface area contributed by atoms with E-state index in [9.17, 15) is 4.79 Å². The Labute approximate surface area is 127 Å². The van der Waals surface area contributed by atoms with Crippen LogP contribution >= 0.6 is 0 Å². The summed E-state index contributed by atoms with van der Waals surface area (Å²) in [4.78, 5) is 14.8. The number of carbonyl (C=O) groups excluding carboxylic acids is 1. The molecule has 2 aliphatic heterocycles. The van der Waals surface area contributed by atoms with E-state index in [1.165, 1.54) is 30.4 Å². The number of benzene rings is 1. The first kappa shape index (κ1) is 14.6. The molecule has 0 aliphatic carbocycles. The molecule has 0 spiro atoms. The van der Waals surface area contributed by atoms with Crippen molar-refractivity contribution >= 4 is 5.91 Å². The van der Waals surface area contributed by atoms with Crippen molar-refractivity contribution in [2.24, 2.45) is 5.92 Å². The average Bonchev–Trinajstić information content (AvgIpc) is 3.04. The predicted molar refractivity (Wildman–Crippen MR) is 85.6 cm³/mol. The smallest absolute Gasteiger partial charge is 0.253 e. The van der Waals surface area contributed by atoms with Gasteiger partial charge in [-0.15, -0.1) is 0 Å². The van der Waals surface area contributed by atoms with Gasteiger partial charge in [0.2, 0.25) is 0 Å². The highest BCUT2D eigenvalue weighted by molar-refractivity contribution is 5.94. The Morgan fingerprint density at radius 2 is 2.05 bits per heavy atom. The van der Waals surface area contributed by atoms with Crippen LogP contribution in [0.15, 0.2) is 18.2 Å². The summed E-state index contributed by atoms with van der Waals surface area (Å²) in [5.41, 5.74) is 3.29. The Morgan fingerprint density at radius 1 is 1.19 bits per heavy atom. The second kappa shape index (κ2) is 6.18. The van der Waals surface area contributed by atoms with Crippen LogP contribution in [0, 0.1) is 19.8 Å². The number of piperidine rings is 1. The lowest BCUT2D eigenvalue weighted by molar-refractivity contribution is 0.0651. The number of rotatable bonds is 2. The molecule has 3 heteroatoms. The van der Waals surface area contributed by atoms with E-state index in [2.05, 4.69) is 30.1 Å². The minimum absolute atomic E-state index is 0.209. The van der Waals surface area contributed by atoms with Crippen LogP contribution in [0.3, 0.4) is 0 Å². The van der Waals surface area contributed by atoms with Crippen LogP contribution in [0.1, 0.15) is 47.2 Å². The number of carbonyl (C=O) groups is 1. The van der Waals surface area contributed by atoms with Gasteiger partial charge in [-0.05, 0) is 75.3 Å². The van der Waals surface area contributed by atoms with Crippen LogP contribution in [-0.4, -0.2) is 36.5 Å². The molecule has 2 aliphatic rings. The summed E-state index contributed by atoms with van der Waals surface area (Å²) in [6.45, 7) is 7.14. The van der Waals surface area contributed by atoms with Gasteiger partial charge in [-0.1, -0.05) is 6.07 Å². The SMILES string of the molecule is Cc1ccc(C(=O)N2CCCC(C3CCCN3)C2)cc1C. The van der Waals surface area contributed by atoms with Gasteiger partial charge in [-0.2, -0.15) is 0 Å². The number of nitrogens with zero attached hydrogens (tertiary/aromatic N) is 1. The summed E-state index contributed by atoms with van der Waals surface area (Å²) in [5, 5.41) is 3.60. The van der Waals surface area contributed by atoms with Gasteiger partial charge in [0.25, 0.3) is 5.91 Å². The lowest BCUT2D eigenvalue weighted by Gasteiger charge is -2.36. The van der Waals surface area contributed by atoms with E-state index in [1.807, 2.05) is 12.1 Å². The molecule has 2 fully saturated rings. The highest BCUT2D eigenvalue weighted by Crippen LogP contribution is 2.26. The molecule has 2 saturated heterocycles. The van der Waals surface area contributed by atoms with Gasteiger partial charge in [0.1, 0.15) is 0 Å². The maximum atomic E-state index is 12.7. The minimum atomic E-state index is 0.209. The van der Waals surface area contributed by atoms with Crippen molar-refractivity contribution in [3.63, 3.8) is 0 Å². The molecule has 1 aromatic rings. The standard InChI is InChI=1S/C18H26N2O/c1-13-7-8-15(11-14(13)2)18(21)20-10-4-5-16(12-20)17-6-3-9-19-17/h7-8,11,16-17,19H,3-6,9-10,12H2,1-2H3. The summed E-state index contributed by atoms with van der Waals surface area (Å²) < 4.78 is 0. The molecule has 1 amide bonds. The zero-order valence-electron chi connectivity index (χ0n) is 13.2. The monoisotopic (exact) mass is 286 g/mol. The van der Waals surface area contributed by atoms with E-state index >= 15 is 0 Å². The molecule has 3 rings (SSSR count). The van der Waals surface area contributed by atoms with Gasteiger partial charge in [0.05, 0.1) is 0 Å². The zero-order valence-corrected chi connectivity index (χ0v) is 13.2. The van der Waals surface area contributed by atoms with Crippen molar-refractivity contribution in [1.29, 1.82) is 0 Å². The van der Waals surface area contributed by atoms with Gasteiger partial charge >= 0.3 is 0 Å². The Kier molecular flexibility index (Phi) is 4.29. The Bertz CT molecular complexity index is 520. The van der Waals surface area contributed by atoms with Gasteiger partial charge < -0.3 is 10.2 Å². The summed E-state index contributed by atoms with van der Waals surface area (Å²) >= 11 is 0. The molecule has 1 N–H and O–H groups in total. The lowest BCUT2D eigenvalue weighted by atomic mass is 9.89. The molecule has 114 valence electrons. The summed E-state index contributed by atoms with van der Waals surface area (Å²) in [6.07, 6.45) is 4.95. The average molecular weight is 286 g/mol. The largest absolute Gasteiger partial charge is 0.338 e. The molecule has 0 saturated carbocycles. The van der Waals surface area contributed by atoms with Crippen LogP contribution in [0.5, 0.6) is 0 Å². The van der Waals surface area contributed by atoms with Crippen LogP contribution < -0.4 is 5.32 Å². The van der Waals surface area contributed by atoms with Crippen LogP contribution in [0.2, 0.25) is 0 Å². The highest BCUT2D eigenvalue weighted by Gasteiger charge is 2.31. The van der Waals surface area contributed by atoms with E-state index in [0.717, 1.165) is 31.6 Å². The van der Waals surface area contributed by atoms with E-state index in [1.54, 1.807) is 0 Å². The second-order valence-electron chi connectivity index (χ2n) is 6.66. The van der Waals surface area contributed by atoms with Crippen LogP contribution in [0.4, 0.5) is 0 Å². The predicted octanol–water partition coefficient (Wildman–Crippen LogP) is 2.91. The molecule has 3 nitrogen and oxygen atoms in total. The maximum absolute atomic E-state index is 12.7. The molecule has 0 radical (unpaired) electrons. The van der Waals surface area contributed by atoms with Crippen LogP contribution in [0.25, 0.3) is 0 Å². The second-order valence-corrected chi connectivity index (χ2v) is 6.66. The third-order valence-electron chi connectivity index (χ3n) is 5.17. The van der Waals surface area contributed by atoms with Gasteiger partial charge in [0.15, 0.2) is 0 Å². The Morgan fingerprint density at radius 3 is 2.76 bits per heavy atom. The van der Waals surface area contributed by atoms with Crippen molar-refractivity contribution in [1.82, 2.24) is 10.2 Å². The van der Waals surface area contributed by atoms with E-state index < -0.39 is 0 Å². The summed E-state index contributed by atoms with van der Waals surface area (Å²) in [6, 6.07) is 6.69. The first-order valence-corrected chi connectivity index (χ1v) is 8.25. The van der Waals surface area contributed by atoms with E-state index in [4.69, 9.17) is 0 Å². The number of hydrogen-bond acceptors (Lipinski definition) is 2. The lowest BCUT2D eigenvalue weighted by Crippen LogP contribution is -2.45. The quantitative estimate of drug-likeness (QED) is 0.906. The Hall–Kier alpha value is -1.35. The summed E-state index contributed by atoms with van der Waals surface area (Å²) in [7, 11) is 0. The fourth-order valence-electron chi connectivity index (χ4n) is 3.69. The summed E-state index contributed by atoms with van der Waals surface area (Å²) in [5.74, 6) is 0.845.